The summed E-state index contributed by atoms with van der Waals surface area (Å²) in [4.78, 5) is 13.9. The number of ether oxygens (including phenoxy) is 1. The number of aromatic amines is 1. The fraction of sp³-hybridized carbons (Fsp3) is 0.188. The summed E-state index contributed by atoms with van der Waals surface area (Å²) in [5, 5.41) is 0. The van der Waals surface area contributed by atoms with Gasteiger partial charge in [0.2, 0.25) is 10.0 Å². The molecule has 0 spiro atoms. The minimum atomic E-state index is -3.65. The number of thiazole rings is 1. The summed E-state index contributed by atoms with van der Waals surface area (Å²) >= 11 is 0.986. The zero-order valence-corrected chi connectivity index (χ0v) is 14.5. The summed E-state index contributed by atoms with van der Waals surface area (Å²) in [6.07, 6.45) is 0. The molecule has 0 aliphatic rings. The maximum absolute atomic E-state index is 12.4. The van der Waals surface area contributed by atoms with Crippen molar-refractivity contribution in [2.24, 2.45) is 0 Å². The van der Waals surface area contributed by atoms with E-state index in [1.54, 1.807) is 18.2 Å². The zero-order valence-electron chi connectivity index (χ0n) is 12.9. The largest absolute Gasteiger partial charge is 0.494 e. The van der Waals surface area contributed by atoms with E-state index in [0.717, 1.165) is 22.6 Å². The van der Waals surface area contributed by atoms with Crippen molar-refractivity contribution in [1.82, 2.24) is 9.71 Å². The van der Waals surface area contributed by atoms with Gasteiger partial charge in [-0.15, -0.1) is 0 Å². The van der Waals surface area contributed by atoms with Gasteiger partial charge in [-0.05, 0) is 42.8 Å². The van der Waals surface area contributed by atoms with Crippen LogP contribution in [0.2, 0.25) is 0 Å². The quantitative estimate of drug-likeness (QED) is 0.703. The van der Waals surface area contributed by atoms with Crippen molar-refractivity contribution in [3.63, 3.8) is 0 Å². The number of H-pyrrole nitrogens is 1. The molecule has 0 saturated heterocycles. The Morgan fingerprint density at radius 2 is 1.92 bits per heavy atom. The fourth-order valence-corrected chi connectivity index (χ4v) is 4.12. The SMILES string of the molecule is CCOc1ccc(CNS(=O)(=O)c2ccc3[nH]c(=O)sc3c2)cc1. The van der Waals surface area contributed by atoms with Gasteiger partial charge in [-0.25, -0.2) is 13.1 Å². The van der Waals surface area contributed by atoms with Gasteiger partial charge >= 0.3 is 4.87 Å². The van der Waals surface area contributed by atoms with Gasteiger partial charge < -0.3 is 9.72 Å². The highest BCUT2D eigenvalue weighted by molar-refractivity contribution is 7.89. The Morgan fingerprint density at radius 3 is 2.62 bits per heavy atom. The van der Waals surface area contributed by atoms with Gasteiger partial charge in [-0.2, -0.15) is 0 Å². The van der Waals surface area contributed by atoms with Gasteiger partial charge in [-0.3, -0.25) is 4.79 Å². The number of rotatable bonds is 6. The van der Waals surface area contributed by atoms with Crippen LogP contribution in [0.25, 0.3) is 10.2 Å². The molecule has 24 heavy (non-hydrogen) atoms. The Labute approximate surface area is 143 Å². The molecule has 2 N–H and O–H groups in total. The van der Waals surface area contributed by atoms with Crippen LogP contribution in [-0.4, -0.2) is 20.0 Å². The normalized spacial score (nSPS) is 11.7. The van der Waals surface area contributed by atoms with Gasteiger partial charge in [-0.1, -0.05) is 23.5 Å². The molecular formula is C16H16N2O4S2. The Bertz CT molecular complexity index is 1000. The van der Waals surface area contributed by atoms with Crippen molar-refractivity contribution < 1.29 is 13.2 Å². The van der Waals surface area contributed by atoms with Crippen LogP contribution < -0.4 is 14.3 Å². The minimum absolute atomic E-state index is 0.135. The molecule has 0 atom stereocenters. The molecule has 1 aromatic heterocycles. The van der Waals surface area contributed by atoms with Crippen LogP contribution in [0.15, 0.2) is 52.2 Å². The van der Waals surface area contributed by atoms with Crippen LogP contribution in [-0.2, 0) is 16.6 Å². The molecule has 0 unspecified atom stereocenters. The predicted octanol–water partition coefficient (Wildman–Crippen LogP) is 2.47. The van der Waals surface area contributed by atoms with Crippen molar-refractivity contribution in [1.29, 1.82) is 0 Å². The molecule has 0 radical (unpaired) electrons. The summed E-state index contributed by atoms with van der Waals surface area (Å²) in [6, 6.07) is 11.8. The average Bonchev–Trinajstić information content (AvgIpc) is 2.94. The van der Waals surface area contributed by atoms with Gasteiger partial charge in [0.05, 0.1) is 21.7 Å². The fourth-order valence-electron chi connectivity index (χ4n) is 2.22. The van der Waals surface area contributed by atoms with Crippen molar-refractivity contribution in [3.8, 4) is 5.75 Å². The summed E-state index contributed by atoms with van der Waals surface area (Å²) < 4.78 is 33.3. The van der Waals surface area contributed by atoms with Crippen molar-refractivity contribution >= 4 is 31.6 Å². The summed E-state index contributed by atoms with van der Waals surface area (Å²) in [5.74, 6) is 0.747. The molecule has 3 rings (SSSR count). The van der Waals surface area contributed by atoms with Gasteiger partial charge in [0.25, 0.3) is 0 Å². The number of sulfonamides is 1. The lowest BCUT2D eigenvalue weighted by Gasteiger charge is -2.08. The van der Waals surface area contributed by atoms with E-state index in [9.17, 15) is 13.2 Å². The van der Waals surface area contributed by atoms with E-state index in [1.807, 2.05) is 19.1 Å². The van der Waals surface area contributed by atoms with Crippen LogP contribution in [0.4, 0.5) is 0 Å². The molecule has 0 fully saturated rings. The Hall–Kier alpha value is -2.16. The summed E-state index contributed by atoms with van der Waals surface area (Å²) in [6.45, 7) is 2.66. The van der Waals surface area contributed by atoms with E-state index in [4.69, 9.17) is 4.74 Å². The van der Waals surface area contributed by atoms with E-state index >= 15 is 0 Å². The number of hydrogen-bond acceptors (Lipinski definition) is 5. The Morgan fingerprint density at radius 1 is 1.17 bits per heavy atom. The second kappa shape index (κ2) is 6.76. The van der Waals surface area contributed by atoms with E-state index in [1.165, 1.54) is 12.1 Å². The van der Waals surface area contributed by atoms with Crippen LogP contribution in [0.1, 0.15) is 12.5 Å². The Balaban J connectivity index is 1.75. The van der Waals surface area contributed by atoms with E-state index in [0.29, 0.717) is 16.8 Å². The molecule has 6 nitrogen and oxygen atoms in total. The first-order valence-corrected chi connectivity index (χ1v) is 9.62. The molecule has 0 saturated carbocycles. The molecule has 0 bridgehead atoms. The minimum Gasteiger partial charge on any atom is -0.494 e. The van der Waals surface area contributed by atoms with Crippen LogP contribution in [0.5, 0.6) is 5.75 Å². The first-order valence-electron chi connectivity index (χ1n) is 7.32. The average molecular weight is 364 g/mol. The number of hydrogen-bond donors (Lipinski definition) is 2. The second-order valence-corrected chi connectivity index (χ2v) is 7.86. The third-order valence-corrected chi connectivity index (χ3v) is 5.65. The molecule has 1 heterocycles. The maximum Gasteiger partial charge on any atom is 0.305 e. The molecular weight excluding hydrogens is 348 g/mol. The topological polar surface area (TPSA) is 88.3 Å². The number of nitrogens with one attached hydrogen (secondary N) is 2. The lowest BCUT2D eigenvalue weighted by atomic mass is 10.2. The molecule has 2 aromatic carbocycles. The van der Waals surface area contributed by atoms with Gasteiger partial charge in [0, 0.05) is 6.54 Å². The second-order valence-electron chi connectivity index (χ2n) is 5.07. The number of fused-ring (bicyclic) bond motifs is 1. The standard InChI is InChI=1S/C16H16N2O4S2/c1-2-22-12-5-3-11(4-6-12)10-17-24(20,21)13-7-8-14-15(9-13)23-16(19)18-14/h3-9,17H,2,10H2,1H3,(H,18,19). The van der Waals surface area contributed by atoms with Crippen molar-refractivity contribution in [3.05, 3.63) is 57.7 Å². The van der Waals surface area contributed by atoms with Gasteiger partial charge in [0.15, 0.2) is 0 Å². The highest BCUT2D eigenvalue weighted by Gasteiger charge is 2.15. The molecule has 126 valence electrons. The maximum atomic E-state index is 12.4. The van der Waals surface area contributed by atoms with Crippen molar-refractivity contribution in [2.75, 3.05) is 6.61 Å². The molecule has 0 amide bonds. The third kappa shape index (κ3) is 3.66. The monoisotopic (exact) mass is 364 g/mol. The van der Waals surface area contributed by atoms with Crippen LogP contribution in [0.3, 0.4) is 0 Å². The highest BCUT2D eigenvalue weighted by atomic mass is 32.2. The number of aromatic nitrogens is 1. The first-order chi connectivity index (χ1) is 11.5. The third-order valence-electron chi connectivity index (χ3n) is 3.40. The van der Waals surface area contributed by atoms with E-state index < -0.39 is 10.0 Å². The molecule has 3 aromatic rings. The van der Waals surface area contributed by atoms with Gasteiger partial charge in [0.1, 0.15) is 5.75 Å². The molecule has 0 aliphatic heterocycles. The first kappa shape index (κ1) is 16.7. The smallest absolute Gasteiger partial charge is 0.305 e. The lowest BCUT2D eigenvalue weighted by Crippen LogP contribution is -2.23. The van der Waals surface area contributed by atoms with Crippen LogP contribution >= 0.6 is 11.3 Å². The van der Waals surface area contributed by atoms with Crippen LogP contribution in [0, 0.1) is 0 Å². The summed E-state index contributed by atoms with van der Waals surface area (Å²) in [7, 11) is -3.65. The van der Waals surface area contributed by atoms with E-state index in [2.05, 4.69) is 9.71 Å². The molecule has 0 aliphatic carbocycles. The zero-order chi connectivity index (χ0) is 17.2. The van der Waals surface area contributed by atoms with E-state index in [-0.39, 0.29) is 16.3 Å². The number of benzene rings is 2. The highest BCUT2D eigenvalue weighted by Crippen LogP contribution is 2.20. The summed E-state index contributed by atoms with van der Waals surface area (Å²) in [5.41, 5.74) is 1.46. The Kier molecular flexibility index (Phi) is 4.70. The molecule has 8 heteroatoms. The van der Waals surface area contributed by atoms with Crippen molar-refractivity contribution in [2.45, 2.75) is 18.4 Å². The predicted molar refractivity (Wildman–Crippen MR) is 94.1 cm³/mol. The lowest BCUT2D eigenvalue weighted by molar-refractivity contribution is 0.340.